The molecule has 5 rings (SSSR count). The fraction of sp³-hybridized carbons (Fsp3) is 0.200. The zero-order valence-corrected chi connectivity index (χ0v) is 19.1. The predicted octanol–water partition coefficient (Wildman–Crippen LogP) is 4.80. The largest absolute Gasteiger partial charge is 0.466 e. The van der Waals surface area contributed by atoms with Crippen LogP contribution in [0.1, 0.15) is 45.0 Å². The van der Waals surface area contributed by atoms with E-state index in [-0.39, 0.29) is 5.71 Å². The van der Waals surface area contributed by atoms with E-state index in [2.05, 4.69) is 20.4 Å². The topological polar surface area (TPSA) is 99.0 Å². The molecule has 9 heteroatoms. The van der Waals surface area contributed by atoms with Crippen LogP contribution in [0, 0.1) is 26.6 Å². The maximum Gasteiger partial charge on any atom is 0.259 e. The molecule has 4 aromatic heterocycles. The van der Waals surface area contributed by atoms with Crippen LogP contribution in [-0.2, 0) is 7.05 Å². The fourth-order valence-electron chi connectivity index (χ4n) is 4.15. The zero-order chi connectivity index (χ0) is 24.0. The number of hydrogen-bond donors (Lipinski definition) is 1. The second-order valence-corrected chi connectivity index (χ2v) is 8.15. The Hall–Kier alpha value is -4.27. The van der Waals surface area contributed by atoms with E-state index in [1.807, 2.05) is 19.9 Å². The number of nitrogens with one attached hydrogen (secondary N) is 1. The summed E-state index contributed by atoms with van der Waals surface area (Å²) >= 11 is 0. The lowest BCUT2D eigenvalue weighted by molar-refractivity contribution is 0.0942. The van der Waals surface area contributed by atoms with Crippen LogP contribution in [0.5, 0.6) is 0 Å². The van der Waals surface area contributed by atoms with Gasteiger partial charge in [-0.05, 0) is 39.0 Å². The summed E-state index contributed by atoms with van der Waals surface area (Å²) in [6.45, 7) is 5.41. The normalized spacial score (nSPS) is 12.3. The molecule has 1 aromatic carbocycles. The van der Waals surface area contributed by atoms with E-state index in [9.17, 15) is 9.18 Å². The van der Waals surface area contributed by atoms with Crippen LogP contribution in [0.25, 0.3) is 22.4 Å². The maximum atomic E-state index is 14.8. The Labute approximate surface area is 194 Å². The Morgan fingerprint density at radius 2 is 1.97 bits per heavy atom. The van der Waals surface area contributed by atoms with E-state index in [0.29, 0.717) is 39.5 Å². The molecule has 0 spiro atoms. The number of halogens is 1. The highest BCUT2D eigenvalue weighted by Gasteiger charge is 2.27. The minimum Gasteiger partial charge on any atom is -0.466 e. The van der Waals surface area contributed by atoms with Crippen LogP contribution < -0.4 is 5.32 Å². The van der Waals surface area contributed by atoms with Crippen LogP contribution in [-0.4, -0.2) is 25.6 Å². The average molecular weight is 459 g/mol. The van der Waals surface area contributed by atoms with E-state index in [1.54, 1.807) is 55.2 Å². The van der Waals surface area contributed by atoms with Gasteiger partial charge in [0.05, 0.1) is 22.3 Å². The molecule has 0 bridgehead atoms. The number of imidazole rings is 1. The molecular weight excluding hydrogens is 437 g/mol. The highest BCUT2D eigenvalue weighted by molar-refractivity contribution is 6.07. The molecule has 34 heavy (non-hydrogen) atoms. The lowest BCUT2D eigenvalue weighted by Crippen LogP contribution is -2.32. The second kappa shape index (κ2) is 8.26. The van der Waals surface area contributed by atoms with Crippen molar-refractivity contribution >= 4 is 17.0 Å². The van der Waals surface area contributed by atoms with Gasteiger partial charge in [0, 0.05) is 30.6 Å². The average Bonchev–Trinajstić information content (AvgIpc) is 3.50. The third-order valence-corrected chi connectivity index (χ3v) is 5.79. The molecule has 1 unspecified atom stereocenters. The summed E-state index contributed by atoms with van der Waals surface area (Å²) < 4.78 is 27.6. The Morgan fingerprint density at radius 3 is 2.65 bits per heavy atom. The van der Waals surface area contributed by atoms with Gasteiger partial charge in [-0.1, -0.05) is 23.4 Å². The lowest BCUT2D eigenvalue weighted by Gasteiger charge is -2.20. The Morgan fingerprint density at radius 1 is 1.18 bits per heavy atom. The van der Waals surface area contributed by atoms with Crippen molar-refractivity contribution in [1.29, 1.82) is 0 Å². The predicted molar refractivity (Wildman–Crippen MR) is 123 cm³/mol. The Bertz CT molecular complexity index is 1530. The van der Waals surface area contributed by atoms with Crippen molar-refractivity contribution in [1.82, 2.24) is 25.0 Å². The van der Waals surface area contributed by atoms with Crippen LogP contribution in [0.3, 0.4) is 0 Å². The van der Waals surface area contributed by atoms with E-state index < -0.39 is 17.8 Å². The number of pyridine rings is 1. The van der Waals surface area contributed by atoms with Crippen molar-refractivity contribution in [3.63, 3.8) is 0 Å². The van der Waals surface area contributed by atoms with Gasteiger partial charge in [0.1, 0.15) is 29.2 Å². The highest BCUT2D eigenvalue weighted by atomic mass is 19.1. The zero-order valence-electron chi connectivity index (χ0n) is 19.1. The number of nitrogens with zero attached hydrogens (tertiary/aromatic N) is 4. The van der Waals surface area contributed by atoms with Crippen molar-refractivity contribution in [3.8, 4) is 11.3 Å². The van der Waals surface area contributed by atoms with Crippen LogP contribution in [0.2, 0.25) is 0 Å². The van der Waals surface area contributed by atoms with E-state index in [1.165, 1.54) is 6.07 Å². The van der Waals surface area contributed by atoms with Gasteiger partial charge in [-0.2, -0.15) is 0 Å². The van der Waals surface area contributed by atoms with Crippen molar-refractivity contribution in [2.24, 2.45) is 7.05 Å². The van der Waals surface area contributed by atoms with Gasteiger partial charge >= 0.3 is 0 Å². The molecule has 5 aromatic rings. The van der Waals surface area contributed by atoms with Gasteiger partial charge in [0.15, 0.2) is 0 Å². The lowest BCUT2D eigenvalue weighted by atomic mass is 10.0. The number of hydrogen-bond acceptors (Lipinski definition) is 6. The van der Waals surface area contributed by atoms with Gasteiger partial charge < -0.3 is 18.8 Å². The number of carbonyl (C=O) groups is 1. The first kappa shape index (κ1) is 21.6. The number of aromatic nitrogens is 4. The first-order valence-corrected chi connectivity index (χ1v) is 10.7. The summed E-state index contributed by atoms with van der Waals surface area (Å²) in [7, 11) is 1.79. The number of aryl methyl sites for hydroxylation is 4. The summed E-state index contributed by atoms with van der Waals surface area (Å²) in [5.41, 5.74) is 2.64. The van der Waals surface area contributed by atoms with E-state index in [0.717, 1.165) is 11.3 Å². The van der Waals surface area contributed by atoms with Gasteiger partial charge in [-0.25, -0.2) is 14.4 Å². The molecule has 1 amide bonds. The molecule has 0 radical (unpaired) electrons. The number of furan rings is 1. The standard InChI is InChI=1S/C25H22FN5O3/c1-13-11-17(15(3)33-13)20-12-18(21-14(2)30-34-25(21)28-20)24(32)29-22(23-27-9-10-31(23)4)16-7-5-6-8-19(16)26/h5-12,22H,1-4H3,(H,29,32). The number of amides is 1. The molecule has 0 aliphatic heterocycles. The van der Waals surface area contributed by atoms with Crippen LogP contribution >= 0.6 is 0 Å². The minimum atomic E-state index is -0.821. The SMILES string of the molecule is Cc1cc(-c2cc(C(=O)NC(c3ccccc3F)c3nccn3C)c3c(C)noc3n2)c(C)o1. The molecule has 0 aliphatic rings. The first-order valence-electron chi connectivity index (χ1n) is 10.7. The van der Waals surface area contributed by atoms with E-state index in [4.69, 9.17) is 8.94 Å². The molecular formula is C25H22FN5O3. The van der Waals surface area contributed by atoms with Gasteiger partial charge in [-0.15, -0.1) is 0 Å². The van der Waals surface area contributed by atoms with Crippen LogP contribution in [0.4, 0.5) is 4.39 Å². The van der Waals surface area contributed by atoms with E-state index >= 15 is 0 Å². The number of carbonyl (C=O) groups excluding carboxylic acids is 1. The monoisotopic (exact) mass is 459 g/mol. The fourth-order valence-corrected chi connectivity index (χ4v) is 4.15. The molecule has 0 saturated heterocycles. The minimum absolute atomic E-state index is 0.234. The molecule has 0 saturated carbocycles. The van der Waals surface area contributed by atoms with Gasteiger partial charge in [-0.3, -0.25) is 4.79 Å². The summed E-state index contributed by atoms with van der Waals surface area (Å²) in [6.07, 6.45) is 3.35. The Kier molecular flexibility index (Phi) is 5.24. The second-order valence-electron chi connectivity index (χ2n) is 8.15. The molecule has 172 valence electrons. The van der Waals surface area contributed by atoms with Crippen molar-refractivity contribution < 1.29 is 18.1 Å². The van der Waals surface area contributed by atoms with Gasteiger partial charge in [0.25, 0.3) is 11.6 Å². The third-order valence-electron chi connectivity index (χ3n) is 5.79. The molecule has 1 N–H and O–H groups in total. The summed E-state index contributed by atoms with van der Waals surface area (Å²) in [5, 5.41) is 7.45. The van der Waals surface area contributed by atoms with Crippen molar-refractivity contribution in [3.05, 3.63) is 88.8 Å². The molecule has 0 aliphatic carbocycles. The Balaban J connectivity index is 1.63. The maximum absolute atomic E-state index is 14.8. The number of benzene rings is 1. The highest BCUT2D eigenvalue weighted by Crippen LogP contribution is 2.31. The molecule has 1 atom stereocenters. The smallest absolute Gasteiger partial charge is 0.259 e. The van der Waals surface area contributed by atoms with Crippen molar-refractivity contribution in [2.75, 3.05) is 0 Å². The van der Waals surface area contributed by atoms with Gasteiger partial charge in [0.2, 0.25) is 0 Å². The first-order chi connectivity index (χ1) is 16.3. The summed E-state index contributed by atoms with van der Waals surface area (Å²) in [6, 6.07) is 9.01. The summed E-state index contributed by atoms with van der Waals surface area (Å²) in [4.78, 5) is 22.6. The third kappa shape index (κ3) is 3.64. The quantitative estimate of drug-likeness (QED) is 0.405. The number of fused-ring (bicyclic) bond motifs is 1. The molecule has 0 fully saturated rings. The molecule has 8 nitrogen and oxygen atoms in total. The molecule has 4 heterocycles. The van der Waals surface area contributed by atoms with Crippen molar-refractivity contribution in [2.45, 2.75) is 26.8 Å². The number of rotatable bonds is 5. The van der Waals surface area contributed by atoms with Crippen LogP contribution in [0.15, 0.2) is 57.7 Å². The summed E-state index contributed by atoms with van der Waals surface area (Å²) in [5.74, 6) is 1.01.